The standard InChI is InChI=1S/C9H15N5O7P2/c1-6(20-5-22(15,16)21-23(17,18)19)2-14-4-13-7-8(10)11-3-12-9(7)14/h3-4,6H,2,5H2,1H3,(H,15,16)(H2,10,11,12)(H2,17,18,19)/t6-/m1/s1/i3+1,4+1,7+1,8+1,9+1. The van der Waals surface area contributed by atoms with E-state index in [1.165, 1.54) is 12.7 Å². The van der Waals surface area contributed by atoms with Crippen LogP contribution in [-0.2, 0) is 24.7 Å². The van der Waals surface area contributed by atoms with Gasteiger partial charge in [-0.15, -0.1) is 0 Å². The monoisotopic (exact) mass is 372 g/mol. The van der Waals surface area contributed by atoms with E-state index in [4.69, 9.17) is 20.3 Å². The van der Waals surface area contributed by atoms with Crippen molar-refractivity contribution in [2.75, 3.05) is 12.1 Å². The van der Waals surface area contributed by atoms with Crippen LogP contribution in [0.5, 0.6) is 0 Å². The molecule has 12 nitrogen and oxygen atoms in total. The summed E-state index contributed by atoms with van der Waals surface area (Å²) in [6.07, 6.45) is 1.27. The highest BCUT2D eigenvalue weighted by Gasteiger charge is 2.31. The summed E-state index contributed by atoms with van der Waals surface area (Å²) < 4.78 is 32.5. The Morgan fingerprint density at radius 2 is 2.00 bits per heavy atom. The highest BCUT2D eigenvalue weighted by Crippen LogP contribution is 2.56. The summed E-state index contributed by atoms with van der Waals surface area (Å²) in [6.45, 7) is 1.80. The lowest BCUT2D eigenvalue weighted by molar-refractivity contribution is 0.0758. The zero-order valence-electron chi connectivity index (χ0n) is 11.9. The third-order valence-corrected chi connectivity index (χ3v) is 4.99. The van der Waals surface area contributed by atoms with Gasteiger partial charge in [-0.2, -0.15) is 0 Å². The fraction of sp³-hybridized carbons (Fsp3) is 0.444. The Bertz CT molecular complexity index is 790. The van der Waals surface area contributed by atoms with Crippen molar-refractivity contribution >= 4 is 32.4 Å². The minimum atomic E-state index is -5.08. The van der Waals surface area contributed by atoms with Crippen molar-refractivity contribution in [1.29, 1.82) is 0 Å². The lowest BCUT2D eigenvalue weighted by Gasteiger charge is -2.17. The maximum Gasteiger partial charge on any atom is 0.476 e. The van der Waals surface area contributed by atoms with Gasteiger partial charge in [0.15, 0.2) is 11.5 Å². The van der Waals surface area contributed by atoms with Gasteiger partial charge in [0.2, 0.25) is 0 Å². The first-order valence-corrected chi connectivity index (χ1v) is 9.48. The van der Waals surface area contributed by atoms with Gasteiger partial charge < -0.3 is 29.7 Å². The van der Waals surface area contributed by atoms with Crippen molar-refractivity contribution in [1.82, 2.24) is 19.5 Å². The van der Waals surface area contributed by atoms with Crippen molar-refractivity contribution < 1.29 is 32.9 Å². The van der Waals surface area contributed by atoms with E-state index in [0.29, 0.717) is 11.2 Å². The smallest absolute Gasteiger partial charge is 0.382 e. The lowest BCUT2D eigenvalue weighted by atomic mass is 10.4. The minimum Gasteiger partial charge on any atom is -0.382 e. The number of ether oxygens (including phenoxy) is 1. The second-order valence-electron chi connectivity index (χ2n) is 4.64. The molecule has 14 heteroatoms. The van der Waals surface area contributed by atoms with Crippen molar-refractivity contribution in [2.45, 2.75) is 19.6 Å². The van der Waals surface area contributed by atoms with Crippen molar-refractivity contribution in [3.63, 3.8) is 0 Å². The fourth-order valence-electron chi connectivity index (χ4n) is 1.77. The highest BCUT2D eigenvalue weighted by molar-refractivity contribution is 7.63. The summed E-state index contributed by atoms with van der Waals surface area (Å²) >= 11 is 0. The summed E-state index contributed by atoms with van der Waals surface area (Å²) in [5.74, 6) is 0.220. The SMILES string of the molecule is C[C@H](Cn1[13cH]n[13c]2[13c](N)n[13cH]n[13c]21)OCP(=O)(O)OP(=O)(O)O. The maximum atomic E-state index is 11.5. The molecule has 128 valence electrons. The van der Waals surface area contributed by atoms with Crippen LogP contribution >= 0.6 is 15.4 Å². The van der Waals surface area contributed by atoms with Gasteiger partial charge in [-0.25, -0.2) is 23.8 Å². The van der Waals surface area contributed by atoms with Gasteiger partial charge in [0, 0.05) is 0 Å². The first kappa shape index (κ1) is 18.0. The average molecular weight is 372 g/mol. The number of aromatic nitrogens is 4. The maximum absolute atomic E-state index is 11.5. The fourth-order valence-corrected chi connectivity index (χ4v) is 3.73. The van der Waals surface area contributed by atoms with E-state index in [1.807, 2.05) is 0 Å². The topological polar surface area (TPSA) is 183 Å². The molecule has 0 saturated heterocycles. The van der Waals surface area contributed by atoms with Crippen LogP contribution in [0.15, 0.2) is 12.7 Å². The Morgan fingerprint density at radius 3 is 2.65 bits per heavy atom. The van der Waals surface area contributed by atoms with E-state index in [9.17, 15) is 14.0 Å². The van der Waals surface area contributed by atoms with E-state index in [0.717, 1.165) is 0 Å². The van der Waals surface area contributed by atoms with Crippen LogP contribution < -0.4 is 5.73 Å². The Labute approximate surface area is 130 Å². The Hall–Kier alpha value is -1.39. The molecule has 2 aromatic heterocycles. The Balaban J connectivity index is 1.99. The second kappa shape index (κ2) is 6.62. The predicted molar refractivity (Wildman–Crippen MR) is 78.1 cm³/mol. The van der Waals surface area contributed by atoms with E-state index in [2.05, 4.69) is 19.3 Å². The molecule has 2 rings (SSSR count). The van der Waals surface area contributed by atoms with Gasteiger partial charge in [0.1, 0.15) is 18.2 Å². The number of phosphoric acid groups is 1. The van der Waals surface area contributed by atoms with Crippen LogP contribution in [0, 0.1) is 0 Å². The number of nitrogens with two attached hydrogens (primary N) is 1. The number of nitrogen functional groups attached to an aromatic ring is 1. The van der Waals surface area contributed by atoms with Crippen molar-refractivity contribution in [3.8, 4) is 0 Å². The van der Waals surface area contributed by atoms with Crippen LogP contribution in [0.25, 0.3) is 11.2 Å². The summed E-state index contributed by atoms with van der Waals surface area (Å²) in [4.78, 5) is 38.2. The number of fused-ring (bicyclic) bond motifs is 1. The minimum absolute atomic E-state index is 0.211. The molecular formula is C9H15N5O7P2. The molecule has 0 aliphatic carbocycles. The normalized spacial score (nSPS) is 16.3. The second-order valence-corrected chi connectivity index (χ2v) is 7.81. The molecule has 2 atom stereocenters. The molecule has 0 bridgehead atoms. The molecule has 0 spiro atoms. The number of imidazole rings is 1. The molecule has 0 saturated carbocycles. The number of hydrogen-bond acceptors (Lipinski definition) is 8. The molecule has 0 aliphatic rings. The molecule has 0 amide bonds. The molecule has 0 radical (unpaired) electrons. The summed E-state index contributed by atoms with van der Waals surface area (Å²) in [5.41, 5.74) is 6.54. The van der Waals surface area contributed by atoms with Crippen LogP contribution in [0.3, 0.4) is 0 Å². The first-order valence-electron chi connectivity index (χ1n) is 6.19. The van der Waals surface area contributed by atoms with Gasteiger partial charge in [-0.05, 0) is 6.92 Å². The molecule has 23 heavy (non-hydrogen) atoms. The molecular weight excluding hydrogens is 357 g/mol. The third kappa shape index (κ3) is 5.05. The molecule has 0 aliphatic heterocycles. The van der Waals surface area contributed by atoms with Crippen molar-refractivity contribution in [2.24, 2.45) is 0 Å². The van der Waals surface area contributed by atoms with E-state index in [-0.39, 0.29) is 12.4 Å². The summed E-state index contributed by atoms with van der Waals surface area (Å²) in [5, 5.41) is 0. The van der Waals surface area contributed by atoms with E-state index >= 15 is 0 Å². The van der Waals surface area contributed by atoms with Crippen LogP contribution in [-0.4, -0.2) is 46.7 Å². The number of anilines is 1. The van der Waals surface area contributed by atoms with Gasteiger partial charge in [0.25, 0.3) is 0 Å². The quantitative estimate of drug-likeness (QED) is 0.482. The average Bonchev–Trinajstić information content (AvgIpc) is 2.79. The highest BCUT2D eigenvalue weighted by atomic mass is 31.3. The zero-order chi connectivity index (χ0) is 17.3. The number of nitrogens with zero attached hydrogens (tertiary/aromatic N) is 4. The Kier molecular flexibility index (Phi) is 5.17. The van der Waals surface area contributed by atoms with Crippen molar-refractivity contribution in [3.05, 3.63) is 12.7 Å². The van der Waals surface area contributed by atoms with Gasteiger partial charge >= 0.3 is 15.4 Å². The third-order valence-electron chi connectivity index (χ3n) is 2.64. The van der Waals surface area contributed by atoms with E-state index in [1.54, 1.807) is 11.5 Å². The van der Waals surface area contributed by atoms with Crippen LogP contribution in [0.4, 0.5) is 5.82 Å². The van der Waals surface area contributed by atoms with Gasteiger partial charge in [-0.3, -0.25) is 4.57 Å². The molecule has 1 unspecified atom stereocenters. The molecule has 2 aromatic rings. The molecule has 2 heterocycles. The number of hydrogen-bond donors (Lipinski definition) is 4. The number of rotatable bonds is 7. The summed E-state index contributed by atoms with van der Waals surface area (Å²) in [6, 6.07) is 0. The zero-order valence-corrected chi connectivity index (χ0v) is 13.7. The molecule has 0 aromatic carbocycles. The lowest BCUT2D eigenvalue weighted by Crippen LogP contribution is -2.17. The van der Waals surface area contributed by atoms with E-state index < -0.39 is 27.9 Å². The Morgan fingerprint density at radius 1 is 1.30 bits per heavy atom. The molecule has 5 N–H and O–H groups in total. The van der Waals surface area contributed by atoms with Gasteiger partial charge in [0.05, 0.1) is 19.0 Å². The predicted octanol–water partition coefficient (Wildman–Crippen LogP) is 0.0658. The van der Waals surface area contributed by atoms with Crippen LogP contribution in [0.1, 0.15) is 6.92 Å². The largest absolute Gasteiger partial charge is 0.476 e. The molecule has 0 fully saturated rings. The first-order chi connectivity index (χ1) is 10.6. The summed E-state index contributed by atoms with van der Waals surface area (Å²) in [7, 11) is -9.65. The van der Waals surface area contributed by atoms with Gasteiger partial charge in [-0.1, -0.05) is 0 Å². The van der Waals surface area contributed by atoms with Crippen LogP contribution in [0.2, 0.25) is 0 Å².